The maximum Gasteiger partial charge on any atom is 0.326 e. The third-order valence-corrected chi connectivity index (χ3v) is 5.26. The van der Waals surface area contributed by atoms with Crippen molar-refractivity contribution in [2.75, 3.05) is 14.2 Å². The van der Waals surface area contributed by atoms with Gasteiger partial charge in [-0.1, -0.05) is 20.3 Å². The van der Waals surface area contributed by atoms with Gasteiger partial charge in [0.25, 0.3) is 0 Å². The number of aliphatic carboxylic acids is 1. The van der Waals surface area contributed by atoms with Crippen molar-refractivity contribution < 1.29 is 24.2 Å². The van der Waals surface area contributed by atoms with Crippen molar-refractivity contribution in [2.24, 2.45) is 5.92 Å². The quantitative estimate of drug-likeness (QED) is 0.681. The van der Waals surface area contributed by atoms with Gasteiger partial charge in [0.2, 0.25) is 5.91 Å². The fourth-order valence-corrected chi connectivity index (χ4v) is 3.38. The summed E-state index contributed by atoms with van der Waals surface area (Å²) in [4.78, 5) is 28.1. The number of ether oxygens (including phenoxy) is 2. The van der Waals surface area contributed by atoms with Crippen molar-refractivity contribution in [3.05, 3.63) is 29.3 Å². The predicted molar refractivity (Wildman–Crippen MR) is 103 cm³/mol. The van der Waals surface area contributed by atoms with Crippen molar-refractivity contribution >= 4 is 23.2 Å². The number of amides is 1. The third kappa shape index (κ3) is 5.19. The molecule has 0 spiro atoms. The molecule has 2 aromatic rings. The number of carboxylic acid groups (broad SMARTS) is 1. The molecule has 0 bridgehead atoms. The normalized spacial score (nSPS) is 12.9. The minimum absolute atomic E-state index is 0.0317. The number of nitrogens with one attached hydrogen (secondary N) is 1. The lowest BCUT2D eigenvalue weighted by molar-refractivity contribution is -0.143. The minimum Gasteiger partial charge on any atom is -0.493 e. The fourth-order valence-electron chi connectivity index (χ4n) is 2.56. The van der Waals surface area contributed by atoms with Crippen LogP contribution in [0.1, 0.15) is 26.0 Å². The molecule has 0 aliphatic carbocycles. The first-order chi connectivity index (χ1) is 12.9. The summed E-state index contributed by atoms with van der Waals surface area (Å²) >= 11 is 1.41. The van der Waals surface area contributed by atoms with Crippen LogP contribution in [-0.4, -0.2) is 42.2 Å². The van der Waals surface area contributed by atoms with Crippen LogP contribution in [0.4, 0.5) is 0 Å². The fraction of sp³-hybridized carbons (Fsp3) is 0.421. The standard InChI is InChI=1S/C19H24N2O5S/c1-5-11(2)17(19(23)24)21-16(22)9-13-10-27-18(20-13)12-6-7-14(25-3)15(8-12)26-4/h6-8,10-11,17H,5,9H2,1-4H3,(H,21,22)(H,23,24)/t11-,17+/m1/s1. The van der Waals surface area contributed by atoms with E-state index < -0.39 is 12.0 Å². The molecule has 27 heavy (non-hydrogen) atoms. The predicted octanol–water partition coefficient (Wildman–Crippen LogP) is 2.99. The minimum atomic E-state index is -1.03. The Kier molecular flexibility index (Phi) is 7.18. The number of thiazole rings is 1. The zero-order valence-corrected chi connectivity index (χ0v) is 16.6. The average molecular weight is 392 g/mol. The molecule has 0 aliphatic rings. The van der Waals surface area contributed by atoms with Crippen LogP contribution in [0.3, 0.4) is 0 Å². The second-order valence-corrected chi connectivity index (χ2v) is 7.02. The number of hydrogen-bond acceptors (Lipinski definition) is 6. The maximum atomic E-state index is 12.2. The molecule has 1 heterocycles. The molecular formula is C19H24N2O5S. The third-order valence-electron chi connectivity index (χ3n) is 4.32. The Bertz CT molecular complexity index is 805. The highest BCUT2D eigenvalue weighted by Crippen LogP contribution is 2.33. The summed E-state index contributed by atoms with van der Waals surface area (Å²) in [5.41, 5.74) is 1.45. The van der Waals surface area contributed by atoms with E-state index in [0.717, 1.165) is 10.6 Å². The van der Waals surface area contributed by atoms with E-state index in [0.29, 0.717) is 23.6 Å². The Hall–Kier alpha value is -2.61. The summed E-state index contributed by atoms with van der Waals surface area (Å²) in [6.45, 7) is 3.69. The highest BCUT2D eigenvalue weighted by Gasteiger charge is 2.25. The molecule has 1 amide bonds. The van der Waals surface area contributed by atoms with Gasteiger partial charge in [-0.25, -0.2) is 9.78 Å². The van der Waals surface area contributed by atoms with Crippen molar-refractivity contribution in [1.29, 1.82) is 0 Å². The summed E-state index contributed by atoms with van der Waals surface area (Å²) in [7, 11) is 3.14. The summed E-state index contributed by atoms with van der Waals surface area (Å²) in [5, 5.41) is 14.4. The first-order valence-corrected chi connectivity index (χ1v) is 9.46. The molecule has 1 aromatic carbocycles. The molecule has 0 radical (unpaired) electrons. The topological polar surface area (TPSA) is 97.8 Å². The van der Waals surface area contributed by atoms with Crippen LogP contribution in [0.25, 0.3) is 10.6 Å². The van der Waals surface area contributed by atoms with Gasteiger partial charge in [0.15, 0.2) is 11.5 Å². The van der Waals surface area contributed by atoms with E-state index in [9.17, 15) is 14.7 Å². The van der Waals surface area contributed by atoms with E-state index in [4.69, 9.17) is 9.47 Å². The zero-order valence-electron chi connectivity index (χ0n) is 15.8. The van der Waals surface area contributed by atoms with Gasteiger partial charge in [-0.05, 0) is 24.1 Å². The van der Waals surface area contributed by atoms with Crippen LogP contribution in [0.15, 0.2) is 23.6 Å². The van der Waals surface area contributed by atoms with Crippen LogP contribution in [-0.2, 0) is 16.0 Å². The van der Waals surface area contributed by atoms with Crippen molar-refractivity contribution in [1.82, 2.24) is 10.3 Å². The van der Waals surface area contributed by atoms with E-state index in [1.54, 1.807) is 32.6 Å². The number of nitrogens with zero attached hydrogens (tertiary/aromatic N) is 1. The molecule has 0 saturated heterocycles. The molecule has 2 N–H and O–H groups in total. The Morgan fingerprint density at radius 3 is 2.56 bits per heavy atom. The molecule has 146 valence electrons. The van der Waals surface area contributed by atoms with Crippen molar-refractivity contribution in [2.45, 2.75) is 32.7 Å². The Morgan fingerprint density at radius 2 is 1.96 bits per heavy atom. The lowest BCUT2D eigenvalue weighted by Crippen LogP contribution is -2.45. The number of rotatable bonds is 9. The lowest BCUT2D eigenvalue weighted by Gasteiger charge is -2.19. The maximum absolute atomic E-state index is 12.2. The monoisotopic (exact) mass is 392 g/mol. The Balaban J connectivity index is 2.09. The van der Waals surface area contributed by atoms with Gasteiger partial charge in [0.1, 0.15) is 11.0 Å². The van der Waals surface area contributed by atoms with Gasteiger partial charge < -0.3 is 19.9 Å². The summed E-state index contributed by atoms with van der Waals surface area (Å²) in [6.07, 6.45) is 0.696. The molecule has 2 rings (SSSR count). The van der Waals surface area contributed by atoms with E-state index >= 15 is 0 Å². The van der Waals surface area contributed by atoms with E-state index in [-0.39, 0.29) is 18.2 Å². The van der Waals surface area contributed by atoms with Gasteiger partial charge >= 0.3 is 5.97 Å². The highest BCUT2D eigenvalue weighted by molar-refractivity contribution is 7.13. The van der Waals surface area contributed by atoms with Crippen LogP contribution >= 0.6 is 11.3 Å². The molecule has 0 fully saturated rings. The number of carbonyl (C=O) groups excluding carboxylic acids is 1. The van der Waals surface area contributed by atoms with Gasteiger partial charge in [0, 0.05) is 10.9 Å². The number of methoxy groups -OCH3 is 2. The molecule has 0 unspecified atom stereocenters. The first-order valence-electron chi connectivity index (χ1n) is 8.58. The second kappa shape index (κ2) is 9.36. The molecule has 2 atom stereocenters. The van der Waals surface area contributed by atoms with E-state index in [2.05, 4.69) is 10.3 Å². The number of aromatic nitrogens is 1. The van der Waals surface area contributed by atoms with Gasteiger partial charge in [0.05, 0.1) is 26.3 Å². The second-order valence-electron chi connectivity index (χ2n) is 6.16. The number of carboxylic acids is 1. The summed E-state index contributed by atoms with van der Waals surface area (Å²) < 4.78 is 10.5. The molecule has 1 aromatic heterocycles. The smallest absolute Gasteiger partial charge is 0.326 e. The number of benzene rings is 1. The molecule has 0 aliphatic heterocycles. The van der Waals surface area contributed by atoms with Crippen LogP contribution in [0.2, 0.25) is 0 Å². The van der Waals surface area contributed by atoms with Gasteiger partial charge in [-0.2, -0.15) is 0 Å². The van der Waals surface area contributed by atoms with E-state index in [1.165, 1.54) is 11.3 Å². The summed E-state index contributed by atoms with van der Waals surface area (Å²) in [6, 6.07) is 4.59. The molecular weight excluding hydrogens is 368 g/mol. The molecule has 8 heteroatoms. The van der Waals surface area contributed by atoms with Crippen LogP contribution in [0, 0.1) is 5.92 Å². The average Bonchev–Trinajstić information content (AvgIpc) is 3.12. The lowest BCUT2D eigenvalue weighted by atomic mass is 9.99. The summed E-state index contributed by atoms with van der Waals surface area (Å²) in [5.74, 6) is -0.303. The molecule has 7 nitrogen and oxygen atoms in total. The first kappa shape index (κ1) is 20.7. The largest absolute Gasteiger partial charge is 0.493 e. The SMILES string of the molecule is CC[C@@H](C)[C@H](NC(=O)Cc1csc(-c2ccc(OC)c(OC)c2)n1)C(=O)O. The highest BCUT2D eigenvalue weighted by atomic mass is 32.1. The van der Waals surface area contributed by atoms with Gasteiger partial charge in [-0.3, -0.25) is 4.79 Å². The van der Waals surface area contributed by atoms with Crippen LogP contribution in [0.5, 0.6) is 11.5 Å². The zero-order chi connectivity index (χ0) is 20.0. The van der Waals surface area contributed by atoms with Crippen molar-refractivity contribution in [3.63, 3.8) is 0 Å². The molecule has 0 saturated carbocycles. The Labute approximate surface area is 162 Å². The van der Waals surface area contributed by atoms with E-state index in [1.807, 2.05) is 19.1 Å². The number of hydrogen-bond donors (Lipinski definition) is 2. The number of carbonyl (C=O) groups is 2. The van der Waals surface area contributed by atoms with Crippen LogP contribution < -0.4 is 14.8 Å². The Morgan fingerprint density at radius 1 is 1.26 bits per heavy atom. The van der Waals surface area contributed by atoms with Crippen molar-refractivity contribution in [3.8, 4) is 22.1 Å². The van der Waals surface area contributed by atoms with Gasteiger partial charge in [-0.15, -0.1) is 11.3 Å².